The van der Waals surface area contributed by atoms with E-state index in [4.69, 9.17) is 4.74 Å². The van der Waals surface area contributed by atoms with Crippen LogP contribution < -0.4 is 10.1 Å². The molecule has 1 fully saturated rings. The van der Waals surface area contributed by atoms with Crippen LogP contribution in [0.2, 0.25) is 0 Å². The molecule has 0 spiro atoms. The Kier molecular flexibility index (Phi) is 4.95. The van der Waals surface area contributed by atoms with Gasteiger partial charge in [-0.1, -0.05) is 12.5 Å². The minimum Gasteiger partial charge on any atom is -0.481 e. The second-order valence-electron chi connectivity index (χ2n) is 5.22. The van der Waals surface area contributed by atoms with Gasteiger partial charge in [-0.15, -0.1) is 0 Å². The van der Waals surface area contributed by atoms with Gasteiger partial charge in [0.1, 0.15) is 11.6 Å². The van der Waals surface area contributed by atoms with E-state index in [1.54, 1.807) is 13.0 Å². The van der Waals surface area contributed by atoms with Gasteiger partial charge in [0, 0.05) is 18.5 Å². The summed E-state index contributed by atoms with van der Waals surface area (Å²) in [5.41, 5.74) is 0. The molecule has 0 heterocycles. The first-order valence-corrected chi connectivity index (χ1v) is 6.94. The number of nitrogens with one attached hydrogen (secondary N) is 1. The van der Waals surface area contributed by atoms with Crippen molar-refractivity contribution in [2.75, 3.05) is 6.54 Å². The number of hydrogen-bond donors (Lipinski definition) is 2. The summed E-state index contributed by atoms with van der Waals surface area (Å²) in [6.07, 6.45) is 1.71. The van der Waals surface area contributed by atoms with Crippen molar-refractivity contribution in [3.05, 3.63) is 30.1 Å². The summed E-state index contributed by atoms with van der Waals surface area (Å²) in [5.74, 6) is -0.202. The lowest BCUT2D eigenvalue weighted by Gasteiger charge is -2.18. The van der Waals surface area contributed by atoms with Crippen LogP contribution in [0.5, 0.6) is 5.75 Å². The highest BCUT2D eigenvalue weighted by molar-refractivity contribution is 5.80. The summed E-state index contributed by atoms with van der Waals surface area (Å²) in [5, 5.41) is 12.5. The van der Waals surface area contributed by atoms with Crippen LogP contribution in [-0.2, 0) is 4.79 Å². The molecule has 20 heavy (non-hydrogen) atoms. The van der Waals surface area contributed by atoms with Crippen LogP contribution >= 0.6 is 0 Å². The number of carbonyl (C=O) groups excluding carboxylic acids is 1. The quantitative estimate of drug-likeness (QED) is 0.866. The predicted octanol–water partition coefficient (Wildman–Crippen LogP) is 1.87. The van der Waals surface area contributed by atoms with E-state index in [1.165, 1.54) is 18.2 Å². The van der Waals surface area contributed by atoms with Crippen LogP contribution in [0.15, 0.2) is 24.3 Å². The number of amides is 1. The van der Waals surface area contributed by atoms with Crippen LogP contribution in [0.25, 0.3) is 0 Å². The molecule has 0 saturated heterocycles. The van der Waals surface area contributed by atoms with Gasteiger partial charge in [-0.2, -0.15) is 0 Å². The zero-order chi connectivity index (χ0) is 14.5. The molecular weight excluding hydrogens is 261 g/mol. The lowest BCUT2D eigenvalue weighted by Crippen LogP contribution is -2.40. The number of rotatable bonds is 5. The van der Waals surface area contributed by atoms with E-state index in [0.717, 1.165) is 19.3 Å². The minimum atomic E-state index is -0.699. The number of aliphatic hydroxyl groups excluding tert-OH is 1. The molecule has 0 aliphatic heterocycles. The molecule has 110 valence electrons. The summed E-state index contributed by atoms with van der Waals surface area (Å²) < 4.78 is 18.4. The molecule has 1 aliphatic rings. The molecule has 1 saturated carbocycles. The lowest BCUT2D eigenvalue weighted by molar-refractivity contribution is -0.127. The van der Waals surface area contributed by atoms with Gasteiger partial charge in [-0.3, -0.25) is 4.79 Å². The lowest BCUT2D eigenvalue weighted by atomic mass is 10.1. The van der Waals surface area contributed by atoms with Crippen molar-refractivity contribution in [2.45, 2.75) is 38.4 Å². The first-order valence-electron chi connectivity index (χ1n) is 6.94. The standard InChI is InChI=1S/C15H20FNO3/c1-10(20-13-6-3-5-12(16)8-13)15(19)17-9-11-4-2-7-14(11)18/h3,5-6,8,10-11,14,18H,2,4,7,9H2,1H3,(H,17,19). The fourth-order valence-electron chi connectivity index (χ4n) is 2.43. The van der Waals surface area contributed by atoms with Gasteiger partial charge in [0.15, 0.2) is 6.10 Å². The number of aliphatic hydroxyl groups is 1. The van der Waals surface area contributed by atoms with Crippen molar-refractivity contribution >= 4 is 5.91 Å². The molecule has 0 radical (unpaired) electrons. The van der Waals surface area contributed by atoms with Gasteiger partial charge in [0.05, 0.1) is 6.10 Å². The molecule has 2 N–H and O–H groups in total. The third-order valence-electron chi connectivity index (χ3n) is 3.64. The minimum absolute atomic E-state index is 0.125. The normalized spacial score (nSPS) is 23.4. The third-order valence-corrected chi connectivity index (χ3v) is 3.64. The fourth-order valence-corrected chi connectivity index (χ4v) is 2.43. The summed E-state index contributed by atoms with van der Waals surface area (Å²) >= 11 is 0. The smallest absolute Gasteiger partial charge is 0.260 e. The van der Waals surface area contributed by atoms with E-state index in [2.05, 4.69) is 5.32 Å². The van der Waals surface area contributed by atoms with Crippen LogP contribution in [0.3, 0.4) is 0 Å². The molecule has 1 amide bonds. The molecule has 0 bridgehead atoms. The number of benzene rings is 1. The molecule has 1 aromatic rings. The van der Waals surface area contributed by atoms with Crippen molar-refractivity contribution in [3.8, 4) is 5.75 Å². The monoisotopic (exact) mass is 281 g/mol. The molecule has 3 unspecified atom stereocenters. The van der Waals surface area contributed by atoms with Crippen LogP contribution in [0.1, 0.15) is 26.2 Å². The van der Waals surface area contributed by atoms with Crippen molar-refractivity contribution in [3.63, 3.8) is 0 Å². The largest absolute Gasteiger partial charge is 0.481 e. The predicted molar refractivity (Wildman–Crippen MR) is 72.8 cm³/mol. The maximum absolute atomic E-state index is 13.0. The molecule has 4 nitrogen and oxygen atoms in total. The summed E-state index contributed by atoms with van der Waals surface area (Å²) in [7, 11) is 0. The van der Waals surface area contributed by atoms with Crippen molar-refractivity contribution < 1.29 is 19.0 Å². The Hall–Kier alpha value is -1.62. The Morgan fingerprint density at radius 2 is 2.35 bits per heavy atom. The average Bonchev–Trinajstić information content (AvgIpc) is 2.81. The Morgan fingerprint density at radius 1 is 1.55 bits per heavy atom. The fraction of sp³-hybridized carbons (Fsp3) is 0.533. The van der Waals surface area contributed by atoms with Crippen molar-refractivity contribution in [1.82, 2.24) is 5.32 Å². The van der Waals surface area contributed by atoms with Gasteiger partial charge in [0.25, 0.3) is 5.91 Å². The molecule has 5 heteroatoms. The molecule has 0 aromatic heterocycles. The van der Waals surface area contributed by atoms with Crippen LogP contribution in [0.4, 0.5) is 4.39 Å². The number of ether oxygens (including phenoxy) is 1. The van der Waals surface area contributed by atoms with Gasteiger partial charge in [-0.05, 0) is 31.9 Å². The van der Waals surface area contributed by atoms with Crippen molar-refractivity contribution in [1.29, 1.82) is 0 Å². The molecule has 1 aliphatic carbocycles. The highest BCUT2D eigenvalue weighted by Gasteiger charge is 2.26. The second-order valence-corrected chi connectivity index (χ2v) is 5.22. The van der Waals surface area contributed by atoms with Gasteiger partial charge in [-0.25, -0.2) is 4.39 Å². The van der Waals surface area contributed by atoms with Gasteiger partial charge < -0.3 is 15.2 Å². The molecule has 2 rings (SSSR count). The maximum atomic E-state index is 13.0. The topological polar surface area (TPSA) is 58.6 Å². The Balaban J connectivity index is 1.80. The Bertz CT molecular complexity index is 466. The summed E-state index contributed by atoms with van der Waals surface area (Å²) in [6.45, 7) is 2.07. The highest BCUT2D eigenvalue weighted by Crippen LogP contribution is 2.24. The molecular formula is C15H20FNO3. The molecule has 3 atom stereocenters. The zero-order valence-corrected chi connectivity index (χ0v) is 11.5. The second kappa shape index (κ2) is 6.70. The Morgan fingerprint density at radius 3 is 3.00 bits per heavy atom. The Labute approximate surface area is 117 Å². The maximum Gasteiger partial charge on any atom is 0.260 e. The number of hydrogen-bond acceptors (Lipinski definition) is 3. The van der Waals surface area contributed by atoms with E-state index < -0.39 is 11.9 Å². The van der Waals surface area contributed by atoms with Crippen LogP contribution in [-0.4, -0.2) is 29.8 Å². The van der Waals surface area contributed by atoms with Crippen LogP contribution in [0, 0.1) is 11.7 Å². The average molecular weight is 281 g/mol. The van der Waals surface area contributed by atoms with Gasteiger partial charge >= 0.3 is 0 Å². The van der Waals surface area contributed by atoms with E-state index in [0.29, 0.717) is 12.3 Å². The third kappa shape index (κ3) is 3.93. The van der Waals surface area contributed by atoms with E-state index in [9.17, 15) is 14.3 Å². The van der Waals surface area contributed by atoms with E-state index >= 15 is 0 Å². The SMILES string of the molecule is CC(Oc1cccc(F)c1)C(=O)NCC1CCCC1O. The summed E-state index contributed by atoms with van der Waals surface area (Å²) in [6, 6.07) is 5.70. The van der Waals surface area contributed by atoms with Crippen molar-refractivity contribution in [2.24, 2.45) is 5.92 Å². The first kappa shape index (κ1) is 14.8. The first-order chi connectivity index (χ1) is 9.56. The number of carbonyl (C=O) groups is 1. The summed E-state index contributed by atoms with van der Waals surface area (Å²) in [4.78, 5) is 11.9. The van der Waals surface area contributed by atoms with E-state index in [-0.39, 0.29) is 17.9 Å². The van der Waals surface area contributed by atoms with Gasteiger partial charge in [0.2, 0.25) is 0 Å². The van der Waals surface area contributed by atoms with E-state index in [1.807, 2.05) is 0 Å². The highest BCUT2D eigenvalue weighted by atomic mass is 19.1. The molecule has 1 aromatic carbocycles. The zero-order valence-electron chi connectivity index (χ0n) is 11.5. The number of halogens is 1.